The molecule has 2 rings (SSSR count). The van der Waals surface area contributed by atoms with Gasteiger partial charge < -0.3 is 5.32 Å². The predicted molar refractivity (Wildman–Crippen MR) is 88.0 cm³/mol. The van der Waals surface area contributed by atoms with Gasteiger partial charge in [0.2, 0.25) is 0 Å². The van der Waals surface area contributed by atoms with E-state index in [2.05, 4.69) is 54.2 Å². The van der Waals surface area contributed by atoms with E-state index >= 15 is 0 Å². The highest BCUT2D eigenvalue weighted by atomic mass is 79.9. The van der Waals surface area contributed by atoms with Crippen molar-refractivity contribution in [3.63, 3.8) is 0 Å². The topological polar surface area (TPSA) is 29.9 Å². The van der Waals surface area contributed by atoms with Crippen LogP contribution in [0.15, 0.2) is 4.47 Å². The van der Waals surface area contributed by atoms with Gasteiger partial charge in [-0.25, -0.2) is 0 Å². The smallest absolute Gasteiger partial charge is 0.0738 e. The van der Waals surface area contributed by atoms with E-state index in [1.165, 1.54) is 42.3 Å². The minimum Gasteiger partial charge on any atom is -0.313 e. The second kappa shape index (κ2) is 6.61. The number of nitrogens with one attached hydrogen (secondary N) is 1. The van der Waals surface area contributed by atoms with Crippen LogP contribution in [0, 0.1) is 12.3 Å². The van der Waals surface area contributed by atoms with Crippen LogP contribution in [0.2, 0.25) is 0 Å². The third-order valence-electron chi connectivity index (χ3n) is 4.95. The molecule has 0 spiro atoms. The van der Waals surface area contributed by atoms with Crippen molar-refractivity contribution in [2.24, 2.45) is 12.5 Å². The van der Waals surface area contributed by atoms with E-state index in [0.29, 0.717) is 11.5 Å². The molecule has 1 aliphatic rings. The molecule has 1 heterocycles. The first-order valence-electron chi connectivity index (χ1n) is 7.89. The molecule has 1 saturated carbocycles. The van der Waals surface area contributed by atoms with Crippen LogP contribution >= 0.6 is 15.9 Å². The van der Waals surface area contributed by atoms with Gasteiger partial charge in [0, 0.05) is 19.5 Å². The molecule has 0 amide bonds. The molecule has 3 nitrogen and oxygen atoms in total. The molecule has 1 atom stereocenters. The van der Waals surface area contributed by atoms with Gasteiger partial charge in [-0.2, -0.15) is 5.10 Å². The summed E-state index contributed by atoms with van der Waals surface area (Å²) in [5.74, 6) is 0. The van der Waals surface area contributed by atoms with Crippen molar-refractivity contribution in [3.05, 3.63) is 15.9 Å². The summed E-state index contributed by atoms with van der Waals surface area (Å²) >= 11 is 3.71. The Kier molecular flexibility index (Phi) is 5.30. The Morgan fingerprint density at radius 3 is 2.50 bits per heavy atom. The molecule has 1 fully saturated rings. The second-order valence-electron chi connectivity index (χ2n) is 6.50. The zero-order valence-corrected chi connectivity index (χ0v) is 14.9. The quantitative estimate of drug-likeness (QED) is 0.877. The second-order valence-corrected chi connectivity index (χ2v) is 7.29. The molecule has 1 aromatic heterocycles. The highest BCUT2D eigenvalue weighted by Gasteiger charge is 2.35. The molecule has 1 aliphatic carbocycles. The predicted octanol–water partition coefficient (Wildman–Crippen LogP) is 3.98. The number of aryl methyl sites for hydroxylation is 2. The molecule has 0 radical (unpaired) electrons. The first-order valence-corrected chi connectivity index (χ1v) is 8.68. The van der Waals surface area contributed by atoms with Gasteiger partial charge in [-0.3, -0.25) is 4.68 Å². The van der Waals surface area contributed by atoms with Crippen LogP contribution in [0.25, 0.3) is 0 Å². The third-order valence-corrected chi connectivity index (χ3v) is 5.98. The Bertz CT molecular complexity index is 447. The number of halogens is 1. The SMILES string of the molecule is CCNC(Cc1c(Br)c(C)nn1C)C1(C)CCCCC1. The normalized spacial score (nSPS) is 20.1. The van der Waals surface area contributed by atoms with Crippen molar-refractivity contribution in [1.82, 2.24) is 15.1 Å². The van der Waals surface area contributed by atoms with Crippen molar-refractivity contribution in [3.8, 4) is 0 Å². The number of rotatable bonds is 5. The Morgan fingerprint density at radius 2 is 2.00 bits per heavy atom. The van der Waals surface area contributed by atoms with E-state index in [1.807, 2.05) is 4.68 Å². The fraction of sp³-hybridized carbons (Fsp3) is 0.812. The van der Waals surface area contributed by atoms with Gasteiger partial charge in [0.15, 0.2) is 0 Å². The van der Waals surface area contributed by atoms with Crippen molar-refractivity contribution >= 4 is 15.9 Å². The summed E-state index contributed by atoms with van der Waals surface area (Å²) in [4.78, 5) is 0. The van der Waals surface area contributed by atoms with Gasteiger partial charge in [-0.1, -0.05) is 33.1 Å². The molecule has 1 unspecified atom stereocenters. The van der Waals surface area contributed by atoms with Gasteiger partial charge in [-0.05, 0) is 47.7 Å². The molecule has 1 N–H and O–H groups in total. The van der Waals surface area contributed by atoms with Crippen molar-refractivity contribution in [2.75, 3.05) is 6.54 Å². The van der Waals surface area contributed by atoms with Crippen molar-refractivity contribution < 1.29 is 0 Å². The van der Waals surface area contributed by atoms with Crippen LogP contribution in [0.1, 0.15) is 57.3 Å². The van der Waals surface area contributed by atoms with Crippen LogP contribution in [0.4, 0.5) is 0 Å². The lowest BCUT2D eigenvalue weighted by Gasteiger charge is -2.41. The summed E-state index contributed by atoms with van der Waals surface area (Å²) in [5.41, 5.74) is 2.83. The number of hydrogen-bond acceptors (Lipinski definition) is 2. The van der Waals surface area contributed by atoms with E-state index in [0.717, 1.165) is 18.7 Å². The van der Waals surface area contributed by atoms with Crippen molar-refractivity contribution in [1.29, 1.82) is 0 Å². The Labute approximate surface area is 131 Å². The zero-order chi connectivity index (χ0) is 14.8. The summed E-state index contributed by atoms with van der Waals surface area (Å²) in [6.45, 7) is 7.78. The summed E-state index contributed by atoms with van der Waals surface area (Å²) in [7, 11) is 2.05. The molecule has 114 valence electrons. The minimum atomic E-state index is 0.422. The van der Waals surface area contributed by atoms with Gasteiger partial charge >= 0.3 is 0 Å². The lowest BCUT2D eigenvalue weighted by atomic mass is 9.69. The molecule has 20 heavy (non-hydrogen) atoms. The standard InChI is InChI=1S/C16H28BrN3/c1-5-18-14(16(3)9-7-6-8-10-16)11-13-15(17)12(2)19-20(13)4/h14,18H,5-11H2,1-4H3. The molecular weight excluding hydrogens is 314 g/mol. The Morgan fingerprint density at radius 1 is 1.35 bits per heavy atom. The first-order chi connectivity index (χ1) is 9.48. The number of nitrogens with zero attached hydrogens (tertiary/aromatic N) is 2. The highest BCUT2D eigenvalue weighted by Crippen LogP contribution is 2.40. The minimum absolute atomic E-state index is 0.422. The summed E-state index contributed by atoms with van der Waals surface area (Å²) in [6, 6.07) is 0.541. The van der Waals surface area contributed by atoms with Gasteiger partial charge in [-0.15, -0.1) is 0 Å². The summed E-state index contributed by atoms with van der Waals surface area (Å²) in [5, 5.41) is 8.28. The van der Waals surface area contributed by atoms with E-state index in [9.17, 15) is 0 Å². The lowest BCUT2D eigenvalue weighted by molar-refractivity contribution is 0.143. The fourth-order valence-electron chi connectivity index (χ4n) is 3.61. The Balaban J connectivity index is 2.20. The van der Waals surface area contributed by atoms with Crippen LogP contribution in [-0.2, 0) is 13.5 Å². The maximum Gasteiger partial charge on any atom is 0.0738 e. The summed E-state index contributed by atoms with van der Waals surface area (Å²) in [6.07, 6.45) is 7.91. The van der Waals surface area contributed by atoms with Crippen LogP contribution in [0.5, 0.6) is 0 Å². The van der Waals surface area contributed by atoms with E-state index in [-0.39, 0.29) is 0 Å². The van der Waals surface area contributed by atoms with Gasteiger partial charge in [0.1, 0.15) is 0 Å². The molecular formula is C16H28BrN3. The monoisotopic (exact) mass is 341 g/mol. The van der Waals surface area contributed by atoms with Crippen LogP contribution in [0.3, 0.4) is 0 Å². The molecule has 0 aliphatic heterocycles. The number of aromatic nitrogens is 2. The van der Waals surface area contributed by atoms with Crippen LogP contribution in [-0.4, -0.2) is 22.4 Å². The third kappa shape index (κ3) is 3.28. The van der Waals surface area contributed by atoms with Gasteiger partial charge in [0.05, 0.1) is 15.9 Å². The average Bonchev–Trinajstić information content (AvgIpc) is 2.65. The lowest BCUT2D eigenvalue weighted by Crippen LogP contribution is -2.46. The highest BCUT2D eigenvalue weighted by molar-refractivity contribution is 9.10. The van der Waals surface area contributed by atoms with Gasteiger partial charge in [0.25, 0.3) is 0 Å². The molecule has 0 saturated heterocycles. The van der Waals surface area contributed by atoms with E-state index < -0.39 is 0 Å². The average molecular weight is 342 g/mol. The Hall–Kier alpha value is -0.350. The number of hydrogen-bond donors (Lipinski definition) is 1. The van der Waals surface area contributed by atoms with E-state index in [1.54, 1.807) is 0 Å². The maximum atomic E-state index is 4.53. The first kappa shape index (κ1) is 16.0. The molecule has 0 aromatic carbocycles. The summed E-state index contributed by atoms with van der Waals surface area (Å²) < 4.78 is 3.22. The van der Waals surface area contributed by atoms with Crippen molar-refractivity contribution in [2.45, 2.75) is 65.3 Å². The maximum absolute atomic E-state index is 4.53. The molecule has 1 aromatic rings. The fourth-order valence-corrected chi connectivity index (χ4v) is 4.11. The molecule has 0 bridgehead atoms. The van der Waals surface area contributed by atoms with E-state index in [4.69, 9.17) is 0 Å². The molecule has 4 heteroatoms. The zero-order valence-electron chi connectivity index (χ0n) is 13.3. The largest absolute Gasteiger partial charge is 0.313 e. The van der Waals surface area contributed by atoms with Crippen LogP contribution < -0.4 is 5.32 Å². The number of likely N-dealkylation sites (N-methyl/N-ethyl adjacent to an activating group) is 1.